The Labute approximate surface area is 134 Å². The summed E-state index contributed by atoms with van der Waals surface area (Å²) >= 11 is 0. The topological polar surface area (TPSA) is 41.1 Å². The third-order valence-electron chi connectivity index (χ3n) is 3.09. The minimum absolute atomic E-state index is 0.00750. The molecular formula is C16H13F5N2O. The van der Waals surface area contributed by atoms with Crippen LogP contribution in [-0.2, 0) is 11.0 Å². The highest BCUT2D eigenvalue weighted by atomic mass is 19.4. The molecule has 0 aliphatic carbocycles. The maximum absolute atomic E-state index is 13.4. The smallest absolute Gasteiger partial charge is 0.380 e. The average molecular weight is 344 g/mol. The highest BCUT2D eigenvalue weighted by Gasteiger charge is 2.30. The van der Waals surface area contributed by atoms with E-state index in [0.717, 1.165) is 24.3 Å². The number of carbonyl (C=O) groups excluding carboxylic acids is 1. The van der Waals surface area contributed by atoms with Crippen molar-refractivity contribution in [1.29, 1.82) is 0 Å². The van der Waals surface area contributed by atoms with Gasteiger partial charge in [-0.1, -0.05) is 12.1 Å². The number of halogens is 5. The number of nitrogens with one attached hydrogen (secondary N) is 2. The van der Waals surface area contributed by atoms with Crippen LogP contribution in [0, 0.1) is 11.6 Å². The Bertz CT molecular complexity index is 710. The molecule has 8 heteroatoms. The molecule has 128 valence electrons. The first-order chi connectivity index (χ1) is 11.3. The van der Waals surface area contributed by atoms with Crippen LogP contribution in [0.4, 0.5) is 33.3 Å². The van der Waals surface area contributed by atoms with Gasteiger partial charge in [0.2, 0.25) is 5.91 Å². The normalized spacial score (nSPS) is 11.2. The molecule has 24 heavy (non-hydrogen) atoms. The van der Waals surface area contributed by atoms with Crippen molar-refractivity contribution in [2.75, 3.05) is 17.2 Å². The molecule has 0 unspecified atom stereocenters. The second-order valence-electron chi connectivity index (χ2n) is 4.90. The molecule has 0 saturated carbocycles. The van der Waals surface area contributed by atoms with E-state index in [-0.39, 0.29) is 24.3 Å². The molecule has 2 N–H and O–H groups in total. The molecule has 3 nitrogen and oxygen atoms in total. The molecule has 1 amide bonds. The van der Waals surface area contributed by atoms with Gasteiger partial charge in [0.05, 0.1) is 5.56 Å². The van der Waals surface area contributed by atoms with Crippen LogP contribution in [-0.4, -0.2) is 12.5 Å². The van der Waals surface area contributed by atoms with E-state index in [9.17, 15) is 26.7 Å². The van der Waals surface area contributed by atoms with Crippen molar-refractivity contribution < 1.29 is 26.7 Å². The molecule has 2 rings (SSSR count). The van der Waals surface area contributed by atoms with Crippen LogP contribution < -0.4 is 10.6 Å². The molecule has 0 aromatic heterocycles. The molecule has 0 aliphatic heterocycles. The van der Waals surface area contributed by atoms with Gasteiger partial charge in [0.1, 0.15) is 17.3 Å². The summed E-state index contributed by atoms with van der Waals surface area (Å²) in [6.45, 7) is -0.0807. The number of hydrogen-bond donors (Lipinski definition) is 2. The number of hydrogen-bond acceptors (Lipinski definition) is 2. The van der Waals surface area contributed by atoms with Crippen LogP contribution >= 0.6 is 0 Å². The zero-order valence-corrected chi connectivity index (χ0v) is 12.3. The second-order valence-corrected chi connectivity index (χ2v) is 4.90. The molecule has 2 aromatic rings. The Morgan fingerprint density at radius 3 is 2.25 bits per heavy atom. The number of para-hydroxylation sites is 1. The van der Waals surface area contributed by atoms with Gasteiger partial charge in [-0.05, 0) is 30.3 Å². The lowest BCUT2D eigenvalue weighted by Gasteiger charge is -2.11. The van der Waals surface area contributed by atoms with E-state index in [1.807, 2.05) is 0 Å². The molecule has 2 aromatic carbocycles. The number of carbonyl (C=O) groups is 1. The minimum atomic E-state index is -4.51. The van der Waals surface area contributed by atoms with E-state index in [4.69, 9.17) is 0 Å². The van der Waals surface area contributed by atoms with Crippen LogP contribution in [0.2, 0.25) is 0 Å². The molecule has 0 radical (unpaired) electrons. The fraction of sp³-hybridized carbons (Fsp3) is 0.188. The van der Waals surface area contributed by atoms with Gasteiger partial charge >= 0.3 is 6.18 Å². The first-order valence-electron chi connectivity index (χ1n) is 6.92. The summed E-state index contributed by atoms with van der Waals surface area (Å²) in [5.74, 6) is -2.18. The summed E-state index contributed by atoms with van der Waals surface area (Å²) in [7, 11) is 0. The zero-order chi connectivity index (χ0) is 17.7. The summed E-state index contributed by atoms with van der Waals surface area (Å²) in [5.41, 5.74) is -1.25. The van der Waals surface area contributed by atoms with Gasteiger partial charge in [0.25, 0.3) is 0 Å². The van der Waals surface area contributed by atoms with Crippen molar-refractivity contribution in [3.05, 3.63) is 59.7 Å². The Hall–Kier alpha value is -2.64. The summed E-state index contributed by atoms with van der Waals surface area (Å²) in [6, 6.07) is 7.51. The number of benzene rings is 2. The van der Waals surface area contributed by atoms with Gasteiger partial charge < -0.3 is 10.6 Å². The van der Waals surface area contributed by atoms with Gasteiger partial charge in [0, 0.05) is 18.7 Å². The van der Waals surface area contributed by atoms with Gasteiger partial charge in [-0.2, -0.15) is 13.2 Å². The predicted octanol–water partition coefficient (Wildman–Crippen LogP) is 4.42. The second kappa shape index (κ2) is 7.29. The summed E-state index contributed by atoms with van der Waals surface area (Å²) < 4.78 is 64.5. The van der Waals surface area contributed by atoms with E-state index in [1.54, 1.807) is 0 Å². The van der Waals surface area contributed by atoms with Crippen molar-refractivity contribution in [3.63, 3.8) is 0 Å². The summed E-state index contributed by atoms with van der Waals surface area (Å²) in [6.07, 6.45) is -4.69. The van der Waals surface area contributed by atoms with E-state index in [2.05, 4.69) is 10.6 Å². The molecule has 0 aliphatic rings. The molecule has 0 fully saturated rings. The van der Waals surface area contributed by atoms with Crippen LogP contribution in [0.1, 0.15) is 12.0 Å². The van der Waals surface area contributed by atoms with Crippen LogP contribution in [0.15, 0.2) is 42.5 Å². The van der Waals surface area contributed by atoms with Crippen LogP contribution in [0.5, 0.6) is 0 Å². The molecule has 0 heterocycles. The summed E-state index contributed by atoms with van der Waals surface area (Å²) in [4.78, 5) is 11.7. The van der Waals surface area contributed by atoms with Crippen LogP contribution in [0.3, 0.4) is 0 Å². The standard InChI is InChI=1S/C16H13F5N2O/c17-12-5-2-6-13(18)15(12)22-8-7-14(24)23-11-4-1-3-10(9-11)16(19,20)21/h1-6,9,22H,7-8H2,(H,23,24). The maximum atomic E-state index is 13.4. The molecule has 0 saturated heterocycles. The Morgan fingerprint density at radius 1 is 1.00 bits per heavy atom. The van der Waals surface area contributed by atoms with E-state index in [0.29, 0.717) is 0 Å². The third kappa shape index (κ3) is 4.68. The molecule has 0 atom stereocenters. The summed E-state index contributed by atoms with van der Waals surface area (Å²) in [5, 5.41) is 4.75. The van der Waals surface area contributed by atoms with E-state index in [1.165, 1.54) is 18.2 Å². The number of rotatable bonds is 5. The largest absolute Gasteiger partial charge is 0.416 e. The van der Waals surface area contributed by atoms with Crippen molar-refractivity contribution in [1.82, 2.24) is 0 Å². The Balaban J connectivity index is 1.90. The van der Waals surface area contributed by atoms with Crippen molar-refractivity contribution in [2.24, 2.45) is 0 Å². The predicted molar refractivity (Wildman–Crippen MR) is 79.5 cm³/mol. The molecular weight excluding hydrogens is 331 g/mol. The first-order valence-corrected chi connectivity index (χ1v) is 6.92. The minimum Gasteiger partial charge on any atom is -0.380 e. The lowest BCUT2D eigenvalue weighted by atomic mass is 10.2. The quantitative estimate of drug-likeness (QED) is 0.788. The fourth-order valence-electron chi connectivity index (χ4n) is 1.96. The van der Waals surface area contributed by atoms with Gasteiger partial charge in [-0.15, -0.1) is 0 Å². The average Bonchev–Trinajstić information content (AvgIpc) is 2.49. The SMILES string of the molecule is O=C(CCNc1c(F)cccc1F)Nc1cccc(C(F)(F)F)c1. The Morgan fingerprint density at radius 2 is 1.62 bits per heavy atom. The first kappa shape index (κ1) is 17.7. The van der Waals surface area contributed by atoms with Gasteiger partial charge in [0.15, 0.2) is 0 Å². The van der Waals surface area contributed by atoms with Gasteiger partial charge in [-0.25, -0.2) is 8.78 Å². The zero-order valence-electron chi connectivity index (χ0n) is 12.3. The van der Waals surface area contributed by atoms with E-state index < -0.39 is 29.3 Å². The lowest BCUT2D eigenvalue weighted by molar-refractivity contribution is -0.137. The number of alkyl halides is 3. The van der Waals surface area contributed by atoms with Gasteiger partial charge in [-0.3, -0.25) is 4.79 Å². The van der Waals surface area contributed by atoms with Crippen LogP contribution in [0.25, 0.3) is 0 Å². The monoisotopic (exact) mass is 344 g/mol. The number of anilines is 2. The highest BCUT2D eigenvalue weighted by Crippen LogP contribution is 2.30. The Kier molecular flexibility index (Phi) is 5.38. The highest BCUT2D eigenvalue weighted by molar-refractivity contribution is 5.91. The maximum Gasteiger partial charge on any atom is 0.416 e. The van der Waals surface area contributed by atoms with Crippen molar-refractivity contribution in [3.8, 4) is 0 Å². The van der Waals surface area contributed by atoms with Crippen molar-refractivity contribution in [2.45, 2.75) is 12.6 Å². The number of amides is 1. The molecule has 0 spiro atoms. The molecule has 0 bridgehead atoms. The third-order valence-corrected chi connectivity index (χ3v) is 3.09. The van der Waals surface area contributed by atoms with Crippen molar-refractivity contribution >= 4 is 17.3 Å². The van der Waals surface area contributed by atoms with E-state index >= 15 is 0 Å². The lowest BCUT2D eigenvalue weighted by Crippen LogP contribution is -2.17. The fourth-order valence-corrected chi connectivity index (χ4v) is 1.96.